The quantitative estimate of drug-likeness (QED) is 0.549. The molecular formula is C12H27NO. The van der Waals surface area contributed by atoms with E-state index in [4.69, 9.17) is 4.74 Å². The topological polar surface area (TPSA) is 21.3 Å². The smallest absolute Gasteiger partial charge is 0.0547 e. The lowest BCUT2D eigenvalue weighted by molar-refractivity contribution is 0.0571. The summed E-state index contributed by atoms with van der Waals surface area (Å²) in [7, 11) is 0. The molecule has 0 aromatic heterocycles. The molecule has 0 bridgehead atoms. The molecule has 0 saturated heterocycles. The Morgan fingerprint density at radius 1 is 1.07 bits per heavy atom. The van der Waals surface area contributed by atoms with Crippen LogP contribution in [0.1, 0.15) is 52.9 Å². The van der Waals surface area contributed by atoms with Crippen LogP contribution in [0.2, 0.25) is 0 Å². The van der Waals surface area contributed by atoms with Crippen LogP contribution in [0.25, 0.3) is 0 Å². The third-order valence-corrected chi connectivity index (χ3v) is 2.29. The van der Waals surface area contributed by atoms with E-state index in [-0.39, 0.29) is 0 Å². The largest absolute Gasteiger partial charge is 0.379 e. The summed E-state index contributed by atoms with van der Waals surface area (Å²) in [5.41, 5.74) is 0. The van der Waals surface area contributed by atoms with Gasteiger partial charge in [-0.15, -0.1) is 0 Å². The second-order valence-corrected chi connectivity index (χ2v) is 3.93. The fourth-order valence-electron chi connectivity index (χ4n) is 1.33. The molecule has 0 aliphatic heterocycles. The molecule has 0 spiro atoms. The molecule has 0 radical (unpaired) electrons. The summed E-state index contributed by atoms with van der Waals surface area (Å²) in [6.07, 6.45) is 6.49. The molecule has 2 nitrogen and oxygen atoms in total. The van der Waals surface area contributed by atoms with Gasteiger partial charge in [0.1, 0.15) is 0 Å². The van der Waals surface area contributed by atoms with Gasteiger partial charge in [-0.3, -0.25) is 0 Å². The van der Waals surface area contributed by atoms with Gasteiger partial charge in [-0.05, 0) is 45.7 Å². The number of hydrogen-bond donors (Lipinski definition) is 1. The molecule has 0 fully saturated rings. The summed E-state index contributed by atoms with van der Waals surface area (Å²) in [4.78, 5) is 0. The van der Waals surface area contributed by atoms with Crippen LogP contribution >= 0.6 is 0 Å². The summed E-state index contributed by atoms with van der Waals surface area (Å²) in [5, 5.41) is 3.40. The minimum atomic E-state index is 0.435. The van der Waals surface area contributed by atoms with Gasteiger partial charge in [0, 0.05) is 6.61 Å². The zero-order valence-corrected chi connectivity index (χ0v) is 10.1. The predicted octanol–water partition coefficient (Wildman–Crippen LogP) is 2.97. The van der Waals surface area contributed by atoms with Gasteiger partial charge in [0.25, 0.3) is 0 Å². The highest BCUT2D eigenvalue weighted by molar-refractivity contribution is 4.53. The fourth-order valence-corrected chi connectivity index (χ4v) is 1.33. The molecule has 86 valence electrons. The third kappa shape index (κ3) is 10.0. The van der Waals surface area contributed by atoms with Crippen LogP contribution in [0.15, 0.2) is 0 Å². The van der Waals surface area contributed by atoms with Crippen LogP contribution in [0.4, 0.5) is 0 Å². The van der Waals surface area contributed by atoms with E-state index in [1.54, 1.807) is 0 Å². The number of ether oxygens (including phenoxy) is 1. The van der Waals surface area contributed by atoms with Crippen molar-refractivity contribution >= 4 is 0 Å². The first-order valence-corrected chi connectivity index (χ1v) is 6.13. The molecule has 0 aromatic carbocycles. The zero-order valence-electron chi connectivity index (χ0n) is 10.1. The highest BCUT2D eigenvalue weighted by Gasteiger charge is 2.00. The Labute approximate surface area is 89.4 Å². The van der Waals surface area contributed by atoms with Crippen LogP contribution < -0.4 is 5.32 Å². The van der Waals surface area contributed by atoms with Gasteiger partial charge in [-0.25, -0.2) is 0 Å². The Bertz CT molecular complexity index is 106. The average molecular weight is 201 g/mol. The molecule has 1 atom stereocenters. The first-order chi connectivity index (χ1) is 6.81. The molecule has 1 unspecified atom stereocenters. The van der Waals surface area contributed by atoms with Crippen molar-refractivity contribution < 1.29 is 4.74 Å². The van der Waals surface area contributed by atoms with Crippen molar-refractivity contribution in [2.45, 2.75) is 59.0 Å². The van der Waals surface area contributed by atoms with Crippen molar-refractivity contribution in [1.29, 1.82) is 0 Å². The minimum absolute atomic E-state index is 0.435. The summed E-state index contributed by atoms with van der Waals surface area (Å²) in [6.45, 7) is 9.78. The van der Waals surface area contributed by atoms with Gasteiger partial charge < -0.3 is 10.1 Å². The Hall–Kier alpha value is -0.0800. The lowest BCUT2D eigenvalue weighted by Crippen LogP contribution is -2.18. The lowest BCUT2D eigenvalue weighted by Gasteiger charge is -2.12. The molecule has 0 aromatic rings. The molecule has 0 aliphatic carbocycles. The van der Waals surface area contributed by atoms with Crippen molar-refractivity contribution in [2.24, 2.45) is 0 Å². The van der Waals surface area contributed by atoms with Crippen LogP contribution in [-0.2, 0) is 4.74 Å². The van der Waals surface area contributed by atoms with Gasteiger partial charge in [0.05, 0.1) is 6.10 Å². The number of nitrogens with one attached hydrogen (secondary N) is 1. The van der Waals surface area contributed by atoms with E-state index in [2.05, 4.69) is 26.1 Å². The third-order valence-electron chi connectivity index (χ3n) is 2.29. The molecule has 0 aliphatic rings. The second kappa shape index (κ2) is 11.0. The summed E-state index contributed by atoms with van der Waals surface area (Å²) in [5.74, 6) is 0. The summed E-state index contributed by atoms with van der Waals surface area (Å²) >= 11 is 0. The average Bonchev–Trinajstić information content (AvgIpc) is 2.18. The van der Waals surface area contributed by atoms with E-state index >= 15 is 0 Å². The van der Waals surface area contributed by atoms with Crippen LogP contribution in [0, 0.1) is 0 Å². The predicted molar refractivity (Wildman–Crippen MR) is 62.7 cm³/mol. The molecule has 1 N–H and O–H groups in total. The van der Waals surface area contributed by atoms with E-state index < -0.39 is 0 Å². The van der Waals surface area contributed by atoms with E-state index in [0.29, 0.717) is 6.10 Å². The standard InChI is InChI=1S/C12H27NO/c1-4-6-11-14-12(3)8-7-10-13-9-5-2/h12-13H,4-11H2,1-3H3. The lowest BCUT2D eigenvalue weighted by atomic mass is 10.2. The molecule has 0 heterocycles. The van der Waals surface area contributed by atoms with Crippen LogP contribution in [-0.4, -0.2) is 25.8 Å². The van der Waals surface area contributed by atoms with E-state index in [1.165, 1.54) is 32.1 Å². The molecule has 0 amide bonds. The van der Waals surface area contributed by atoms with Gasteiger partial charge >= 0.3 is 0 Å². The minimum Gasteiger partial charge on any atom is -0.379 e. The van der Waals surface area contributed by atoms with Crippen LogP contribution in [0.5, 0.6) is 0 Å². The van der Waals surface area contributed by atoms with Gasteiger partial charge in [-0.1, -0.05) is 20.3 Å². The van der Waals surface area contributed by atoms with Crippen molar-refractivity contribution in [3.63, 3.8) is 0 Å². The molecular weight excluding hydrogens is 174 g/mol. The maximum absolute atomic E-state index is 5.66. The summed E-state index contributed by atoms with van der Waals surface area (Å²) in [6, 6.07) is 0. The van der Waals surface area contributed by atoms with E-state index in [9.17, 15) is 0 Å². The van der Waals surface area contributed by atoms with Gasteiger partial charge in [0.15, 0.2) is 0 Å². The van der Waals surface area contributed by atoms with Crippen molar-refractivity contribution in [2.75, 3.05) is 19.7 Å². The zero-order chi connectivity index (χ0) is 10.6. The maximum Gasteiger partial charge on any atom is 0.0547 e. The second-order valence-electron chi connectivity index (χ2n) is 3.93. The first-order valence-electron chi connectivity index (χ1n) is 6.13. The molecule has 0 saturated carbocycles. The summed E-state index contributed by atoms with van der Waals surface area (Å²) < 4.78 is 5.66. The van der Waals surface area contributed by atoms with Crippen LogP contribution in [0.3, 0.4) is 0 Å². The van der Waals surface area contributed by atoms with E-state index in [0.717, 1.165) is 19.7 Å². The number of rotatable bonds is 10. The van der Waals surface area contributed by atoms with Crippen molar-refractivity contribution in [3.8, 4) is 0 Å². The first kappa shape index (κ1) is 13.9. The Morgan fingerprint density at radius 2 is 1.86 bits per heavy atom. The van der Waals surface area contributed by atoms with E-state index in [1.807, 2.05) is 0 Å². The maximum atomic E-state index is 5.66. The number of unbranched alkanes of at least 4 members (excludes halogenated alkanes) is 1. The highest BCUT2D eigenvalue weighted by Crippen LogP contribution is 2.02. The number of hydrogen-bond acceptors (Lipinski definition) is 2. The normalized spacial score (nSPS) is 13.1. The monoisotopic (exact) mass is 201 g/mol. The van der Waals surface area contributed by atoms with Gasteiger partial charge in [0.2, 0.25) is 0 Å². The Kier molecular flexibility index (Phi) is 10.9. The van der Waals surface area contributed by atoms with Crippen molar-refractivity contribution in [3.05, 3.63) is 0 Å². The Balaban J connectivity index is 3.06. The highest BCUT2D eigenvalue weighted by atomic mass is 16.5. The molecule has 14 heavy (non-hydrogen) atoms. The Morgan fingerprint density at radius 3 is 2.50 bits per heavy atom. The fraction of sp³-hybridized carbons (Fsp3) is 1.00. The molecule has 2 heteroatoms. The van der Waals surface area contributed by atoms with Gasteiger partial charge in [-0.2, -0.15) is 0 Å². The molecule has 0 rings (SSSR count). The van der Waals surface area contributed by atoms with Crippen molar-refractivity contribution in [1.82, 2.24) is 5.32 Å². The SMILES string of the molecule is CCCCOC(C)CCCNCCC.